The molecular formula is C15H20N2O. The molecule has 1 aromatic heterocycles. The molecule has 0 aromatic carbocycles. The molecule has 1 atom stereocenters. The summed E-state index contributed by atoms with van der Waals surface area (Å²) in [6.45, 7) is 4.15. The Morgan fingerprint density at radius 3 is 2.28 bits per heavy atom. The summed E-state index contributed by atoms with van der Waals surface area (Å²) in [4.78, 5) is 16.3. The molecule has 0 saturated heterocycles. The Bertz CT molecular complexity index is 402. The van der Waals surface area contributed by atoms with E-state index in [0.717, 1.165) is 31.2 Å². The van der Waals surface area contributed by atoms with Gasteiger partial charge in [0.25, 0.3) is 0 Å². The zero-order valence-electron chi connectivity index (χ0n) is 11.1. The van der Waals surface area contributed by atoms with Crippen LogP contribution in [0.1, 0.15) is 51.0 Å². The van der Waals surface area contributed by atoms with Crippen LogP contribution in [0.5, 0.6) is 0 Å². The summed E-state index contributed by atoms with van der Waals surface area (Å²) in [5.74, 6) is -0.568. The number of pyridine rings is 1. The molecule has 1 rings (SSSR count). The quantitative estimate of drug-likeness (QED) is 0.738. The van der Waals surface area contributed by atoms with Gasteiger partial charge < -0.3 is 0 Å². The molecule has 0 fully saturated rings. The molecule has 3 nitrogen and oxygen atoms in total. The Labute approximate surface area is 109 Å². The van der Waals surface area contributed by atoms with Gasteiger partial charge in [0.15, 0.2) is 5.78 Å². The Morgan fingerprint density at radius 2 is 1.83 bits per heavy atom. The number of Topliss-reactive ketones (excluding diaryl/α,β-unsaturated/α-hetero) is 1. The predicted octanol–water partition coefficient (Wildman–Crippen LogP) is 3.47. The van der Waals surface area contributed by atoms with E-state index < -0.39 is 5.92 Å². The molecule has 0 aliphatic carbocycles. The molecule has 0 N–H and O–H groups in total. The number of ketones is 1. The van der Waals surface area contributed by atoms with Crippen LogP contribution in [0.4, 0.5) is 0 Å². The smallest absolute Gasteiger partial charge is 0.157 e. The van der Waals surface area contributed by atoms with Crippen molar-refractivity contribution in [2.24, 2.45) is 5.92 Å². The maximum absolute atomic E-state index is 12.4. The summed E-state index contributed by atoms with van der Waals surface area (Å²) >= 11 is 0. The van der Waals surface area contributed by atoms with Gasteiger partial charge in [0.05, 0.1) is 6.07 Å². The molecule has 0 aliphatic rings. The number of aromatic nitrogens is 1. The van der Waals surface area contributed by atoms with Crippen LogP contribution in [-0.4, -0.2) is 10.8 Å². The second-order valence-electron chi connectivity index (χ2n) is 4.52. The van der Waals surface area contributed by atoms with Gasteiger partial charge in [0.2, 0.25) is 0 Å². The van der Waals surface area contributed by atoms with Crippen molar-refractivity contribution in [2.45, 2.75) is 45.4 Å². The van der Waals surface area contributed by atoms with Crippen molar-refractivity contribution in [3.05, 3.63) is 30.1 Å². The van der Waals surface area contributed by atoms with E-state index in [4.69, 9.17) is 0 Å². The summed E-state index contributed by atoms with van der Waals surface area (Å²) in [7, 11) is 0. The van der Waals surface area contributed by atoms with Gasteiger partial charge in [-0.2, -0.15) is 5.26 Å². The predicted molar refractivity (Wildman–Crippen MR) is 70.9 cm³/mol. The van der Waals surface area contributed by atoms with Crippen LogP contribution in [0.2, 0.25) is 0 Å². The first-order valence-electron chi connectivity index (χ1n) is 6.57. The number of rotatable bonds is 7. The largest absolute Gasteiger partial charge is 0.298 e. The minimum absolute atomic E-state index is 0.0119. The third-order valence-corrected chi connectivity index (χ3v) is 3.13. The van der Waals surface area contributed by atoms with Crippen LogP contribution >= 0.6 is 0 Å². The highest BCUT2D eigenvalue weighted by molar-refractivity contribution is 5.90. The van der Waals surface area contributed by atoms with Gasteiger partial charge in [-0.3, -0.25) is 9.78 Å². The lowest BCUT2D eigenvalue weighted by atomic mass is 9.84. The van der Waals surface area contributed by atoms with Crippen molar-refractivity contribution in [1.82, 2.24) is 4.98 Å². The summed E-state index contributed by atoms with van der Waals surface area (Å²) < 4.78 is 0. The van der Waals surface area contributed by atoms with Crippen LogP contribution in [0.3, 0.4) is 0 Å². The van der Waals surface area contributed by atoms with Gasteiger partial charge >= 0.3 is 0 Å². The molecule has 0 radical (unpaired) electrons. The number of carbonyl (C=O) groups excluding carboxylic acids is 1. The molecule has 0 saturated carbocycles. The monoisotopic (exact) mass is 244 g/mol. The number of hydrogen-bond donors (Lipinski definition) is 0. The van der Waals surface area contributed by atoms with E-state index in [1.807, 2.05) is 0 Å². The highest BCUT2D eigenvalue weighted by atomic mass is 16.1. The number of nitrogens with zero attached hydrogens (tertiary/aromatic N) is 2. The first kappa shape index (κ1) is 14.4. The summed E-state index contributed by atoms with van der Waals surface area (Å²) in [5.41, 5.74) is 0.759. The molecule has 18 heavy (non-hydrogen) atoms. The molecule has 0 aliphatic heterocycles. The standard InChI is InChI=1S/C15H20N2O/c1-3-5-13(6-4-2)15(18)14(11-16)12-7-9-17-10-8-12/h7-10,13-14H,3-6H2,1-2H3. The second-order valence-corrected chi connectivity index (χ2v) is 4.52. The van der Waals surface area contributed by atoms with E-state index >= 15 is 0 Å². The van der Waals surface area contributed by atoms with Gasteiger partial charge in [-0.1, -0.05) is 26.7 Å². The van der Waals surface area contributed by atoms with E-state index in [1.165, 1.54) is 0 Å². The van der Waals surface area contributed by atoms with Crippen molar-refractivity contribution in [1.29, 1.82) is 5.26 Å². The highest BCUT2D eigenvalue weighted by Gasteiger charge is 2.26. The number of hydrogen-bond acceptors (Lipinski definition) is 3. The summed E-state index contributed by atoms with van der Waals surface area (Å²) in [5, 5.41) is 9.24. The highest BCUT2D eigenvalue weighted by Crippen LogP contribution is 2.24. The Hall–Kier alpha value is -1.69. The van der Waals surface area contributed by atoms with Gasteiger partial charge in [-0.15, -0.1) is 0 Å². The maximum atomic E-state index is 12.4. The topological polar surface area (TPSA) is 53.8 Å². The lowest BCUT2D eigenvalue weighted by molar-refractivity contribution is -0.123. The molecule has 0 bridgehead atoms. The molecule has 1 heterocycles. The van der Waals surface area contributed by atoms with Gasteiger partial charge in [-0.05, 0) is 30.5 Å². The third kappa shape index (κ3) is 3.66. The van der Waals surface area contributed by atoms with Crippen molar-refractivity contribution in [3.63, 3.8) is 0 Å². The van der Waals surface area contributed by atoms with E-state index in [1.54, 1.807) is 24.5 Å². The first-order valence-corrected chi connectivity index (χ1v) is 6.57. The van der Waals surface area contributed by atoms with Crippen LogP contribution in [0.15, 0.2) is 24.5 Å². The van der Waals surface area contributed by atoms with Crippen molar-refractivity contribution in [3.8, 4) is 6.07 Å². The van der Waals surface area contributed by atoms with E-state index in [2.05, 4.69) is 24.9 Å². The molecule has 0 spiro atoms. The maximum Gasteiger partial charge on any atom is 0.157 e. The van der Waals surface area contributed by atoms with E-state index in [-0.39, 0.29) is 11.7 Å². The molecule has 0 amide bonds. The van der Waals surface area contributed by atoms with Crippen LogP contribution in [-0.2, 0) is 4.79 Å². The van der Waals surface area contributed by atoms with Crippen LogP contribution in [0, 0.1) is 17.2 Å². The van der Waals surface area contributed by atoms with Crippen LogP contribution in [0.25, 0.3) is 0 Å². The molecule has 1 unspecified atom stereocenters. The number of nitriles is 1. The van der Waals surface area contributed by atoms with Gasteiger partial charge in [0.1, 0.15) is 5.92 Å². The fourth-order valence-corrected chi connectivity index (χ4v) is 2.22. The zero-order chi connectivity index (χ0) is 13.4. The Morgan fingerprint density at radius 1 is 1.28 bits per heavy atom. The Balaban J connectivity index is 2.88. The lowest BCUT2D eigenvalue weighted by Gasteiger charge is -2.17. The zero-order valence-corrected chi connectivity index (χ0v) is 11.1. The van der Waals surface area contributed by atoms with E-state index in [0.29, 0.717) is 0 Å². The third-order valence-electron chi connectivity index (χ3n) is 3.13. The minimum atomic E-state index is -0.643. The number of carbonyl (C=O) groups is 1. The van der Waals surface area contributed by atoms with Crippen molar-refractivity contribution >= 4 is 5.78 Å². The summed E-state index contributed by atoms with van der Waals surface area (Å²) in [6, 6.07) is 5.64. The lowest BCUT2D eigenvalue weighted by Crippen LogP contribution is -2.21. The summed E-state index contributed by atoms with van der Waals surface area (Å²) in [6.07, 6.45) is 6.95. The minimum Gasteiger partial charge on any atom is -0.298 e. The average Bonchev–Trinajstić information content (AvgIpc) is 2.40. The van der Waals surface area contributed by atoms with Gasteiger partial charge in [0, 0.05) is 18.3 Å². The normalized spacial score (nSPS) is 12.1. The molecule has 96 valence electrons. The molecular weight excluding hydrogens is 224 g/mol. The fraction of sp³-hybridized carbons (Fsp3) is 0.533. The molecule has 1 aromatic rings. The second kappa shape index (κ2) is 7.60. The first-order chi connectivity index (χ1) is 8.74. The van der Waals surface area contributed by atoms with Gasteiger partial charge in [-0.25, -0.2) is 0 Å². The Kier molecular flexibility index (Phi) is 6.07. The van der Waals surface area contributed by atoms with Crippen molar-refractivity contribution in [2.75, 3.05) is 0 Å². The molecule has 3 heteroatoms. The average molecular weight is 244 g/mol. The fourth-order valence-electron chi connectivity index (χ4n) is 2.22. The van der Waals surface area contributed by atoms with Crippen molar-refractivity contribution < 1.29 is 4.79 Å². The SMILES string of the molecule is CCCC(CCC)C(=O)C(C#N)c1ccncc1. The van der Waals surface area contributed by atoms with E-state index in [9.17, 15) is 10.1 Å². The van der Waals surface area contributed by atoms with Crippen LogP contribution < -0.4 is 0 Å².